The Balaban J connectivity index is 1.95. The summed E-state index contributed by atoms with van der Waals surface area (Å²) in [5, 5.41) is 3.29. The van der Waals surface area contributed by atoms with Crippen LogP contribution in [-0.2, 0) is 14.3 Å². The predicted molar refractivity (Wildman–Crippen MR) is 113 cm³/mol. The van der Waals surface area contributed by atoms with Crippen LogP contribution < -0.4 is 5.32 Å². The highest BCUT2D eigenvalue weighted by molar-refractivity contribution is 8.00. The first-order valence-electron chi connectivity index (χ1n) is 8.55. The molecular weight excluding hydrogens is 437 g/mol. The molecule has 0 unspecified atom stereocenters. The van der Waals surface area contributed by atoms with Crippen LogP contribution in [0.4, 0.5) is 0 Å². The Kier molecular flexibility index (Phi) is 9.47. The van der Waals surface area contributed by atoms with Crippen molar-refractivity contribution in [3.05, 3.63) is 63.6 Å². The van der Waals surface area contributed by atoms with Crippen LogP contribution >= 0.6 is 35.0 Å². The van der Waals surface area contributed by atoms with Gasteiger partial charge in [0.1, 0.15) is 0 Å². The molecule has 1 amide bonds. The van der Waals surface area contributed by atoms with Gasteiger partial charge < -0.3 is 14.8 Å². The second-order valence-electron chi connectivity index (χ2n) is 5.75. The first-order chi connectivity index (χ1) is 13.9. The highest BCUT2D eigenvalue weighted by Crippen LogP contribution is 2.24. The predicted octanol–water partition coefficient (Wildman–Crippen LogP) is 3.89. The monoisotopic (exact) mass is 455 g/mol. The van der Waals surface area contributed by atoms with Gasteiger partial charge in [-0.3, -0.25) is 9.59 Å². The Morgan fingerprint density at radius 1 is 1.07 bits per heavy atom. The molecule has 154 valence electrons. The zero-order valence-corrected chi connectivity index (χ0v) is 17.9. The van der Waals surface area contributed by atoms with Gasteiger partial charge in [0.15, 0.2) is 6.61 Å². The lowest BCUT2D eigenvalue weighted by molar-refractivity contribution is -0.118. The minimum atomic E-state index is -0.661. The fourth-order valence-electron chi connectivity index (χ4n) is 2.25. The summed E-state index contributed by atoms with van der Waals surface area (Å²) in [6.07, 6.45) is 0. The van der Waals surface area contributed by atoms with E-state index in [1.54, 1.807) is 31.4 Å². The molecule has 0 spiro atoms. The second-order valence-corrected chi connectivity index (χ2v) is 7.61. The van der Waals surface area contributed by atoms with Crippen molar-refractivity contribution in [3.8, 4) is 0 Å². The van der Waals surface area contributed by atoms with Gasteiger partial charge in [-0.2, -0.15) is 0 Å². The second kappa shape index (κ2) is 11.8. The molecule has 0 aromatic heterocycles. The van der Waals surface area contributed by atoms with Crippen molar-refractivity contribution >= 4 is 52.6 Å². The molecule has 0 radical (unpaired) electrons. The van der Waals surface area contributed by atoms with E-state index in [1.165, 1.54) is 30.0 Å². The van der Waals surface area contributed by atoms with Crippen LogP contribution in [0.3, 0.4) is 0 Å². The quantitative estimate of drug-likeness (QED) is 0.253. The Morgan fingerprint density at radius 2 is 1.83 bits per heavy atom. The van der Waals surface area contributed by atoms with Crippen LogP contribution in [0.1, 0.15) is 20.7 Å². The zero-order valence-electron chi connectivity index (χ0n) is 15.6. The van der Waals surface area contributed by atoms with E-state index in [0.717, 1.165) is 0 Å². The first-order valence-corrected chi connectivity index (χ1v) is 10.3. The maximum Gasteiger partial charge on any atom is 0.339 e. The number of thioether (sulfide) groups is 1. The van der Waals surface area contributed by atoms with Crippen molar-refractivity contribution in [2.45, 2.75) is 4.90 Å². The number of Topliss-reactive ketones (excluding diaryl/α,β-unsaturated/α-hetero) is 1. The van der Waals surface area contributed by atoms with Crippen LogP contribution in [0, 0.1) is 0 Å². The van der Waals surface area contributed by atoms with Crippen molar-refractivity contribution in [1.29, 1.82) is 0 Å². The van der Waals surface area contributed by atoms with E-state index in [-0.39, 0.29) is 27.8 Å². The van der Waals surface area contributed by atoms with Gasteiger partial charge in [0, 0.05) is 29.1 Å². The van der Waals surface area contributed by atoms with Crippen molar-refractivity contribution < 1.29 is 23.9 Å². The average molecular weight is 456 g/mol. The number of amides is 1. The van der Waals surface area contributed by atoms with Crippen molar-refractivity contribution in [3.63, 3.8) is 0 Å². The van der Waals surface area contributed by atoms with Gasteiger partial charge in [0.2, 0.25) is 11.7 Å². The highest BCUT2D eigenvalue weighted by Gasteiger charge is 2.17. The molecule has 1 N–H and O–H groups in total. The molecule has 2 aromatic carbocycles. The van der Waals surface area contributed by atoms with Gasteiger partial charge in [-0.1, -0.05) is 35.3 Å². The lowest BCUT2D eigenvalue weighted by Crippen LogP contribution is -2.28. The molecule has 6 nitrogen and oxygen atoms in total. The average Bonchev–Trinajstić information content (AvgIpc) is 2.70. The zero-order chi connectivity index (χ0) is 21.2. The lowest BCUT2D eigenvalue weighted by atomic mass is 10.1. The molecule has 0 aliphatic rings. The van der Waals surface area contributed by atoms with Crippen LogP contribution in [0.25, 0.3) is 0 Å². The number of esters is 1. The third kappa shape index (κ3) is 7.36. The number of benzene rings is 2. The third-order valence-corrected chi connectivity index (χ3v) is 5.28. The summed E-state index contributed by atoms with van der Waals surface area (Å²) < 4.78 is 10.0. The Morgan fingerprint density at radius 3 is 2.55 bits per heavy atom. The highest BCUT2D eigenvalue weighted by atomic mass is 35.5. The molecule has 0 aliphatic heterocycles. The van der Waals surface area contributed by atoms with E-state index in [1.807, 2.05) is 0 Å². The van der Waals surface area contributed by atoms with Crippen LogP contribution in [0.2, 0.25) is 10.0 Å². The number of nitrogens with one attached hydrogen (secondary N) is 1. The molecule has 0 saturated carbocycles. The molecule has 0 atom stereocenters. The number of carbonyl (C=O) groups excluding carboxylic acids is 3. The number of ether oxygens (including phenoxy) is 2. The number of hydrogen-bond acceptors (Lipinski definition) is 6. The number of hydrogen-bond donors (Lipinski definition) is 1. The van der Waals surface area contributed by atoms with Crippen LogP contribution in [-0.4, -0.2) is 50.3 Å². The van der Waals surface area contributed by atoms with Crippen molar-refractivity contribution in [2.75, 3.05) is 32.6 Å². The van der Waals surface area contributed by atoms with E-state index < -0.39 is 18.4 Å². The van der Waals surface area contributed by atoms with Gasteiger partial charge in [-0.25, -0.2) is 4.79 Å². The molecule has 0 aliphatic carbocycles. The SMILES string of the molecule is COCCNC(=O)CSc1ccccc1C(=O)OCC(=O)c1ccc(Cl)cc1Cl. The summed E-state index contributed by atoms with van der Waals surface area (Å²) in [5.74, 6) is -1.15. The van der Waals surface area contributed by atoms with Gasteiger partial charge in [-0.05, 0) is 30.3 Å². The standard InChI is InChI=1S/C20H19Cl2NO5S/c1-27-9-8-23-19(25)12-29-18-5-3-2-4-15(18)20(26)28-11-17(24)14-7-6-13(21)10-16(14)22/h2-7,10H,8-9,11-12H2,1H3,(H,23,25). The molecular formula is C20H19Cl2NO5S. The fourth-order valence-corrected chi connectivity index (χ4v) is 3.63. The molecule has 9 heteroatoms. The summed E-state index contributed by atoms with van der Waals surface area (Å²) in [6, 6.07) is 11.2. The van der Waals surface area contributed by atoms with E-state index >= 15 is 0 Å². The van der Waals surface area contributed by atoms with Gasteiger partial charge in [0.25, 0.3) is 0 Å². The van der Waals surface area contributed by atoms with Gasteiger partial charge in [-0.15, -0.1) is 11.8 Å². The summed E-state index contributed by atoms with van der Waals surface area (Å²) in [6.45, 7) is 0.372. The first kappa shape index (κ1) is 23.2. The number of rotatable bonds is 10. The number of halogens is 2. The third-order valence-electron chi connectivity index (χ3n) is 3.66. The largest absolute Gasteiger partial charge is 0.454 e. The Hall–Kier alpha value is -2.06. The van der Waals surface area contributed by atoms with E-state index in [4.69, 9.17) is 32.7 Å². The van der Waals surface area contributed by atoms with E-state index in [0.29, 0.717) is 23.1 Å². The molecule has 0 bridgehead atoms. The summed E-state index contributed by atoms with van der Waals surface area (Å²) in [4.78, 5) is 37.1. The maximum absolute atomic E-state index is 12.4. The van der Waals surface area contributed by atoms with Gasteiger partial charge >= 0.3 is 5.97 Å². The van der Waals surface area contributed by atoms with Crippen LogP contribution in [0.15, 0.2) is 47.4 Å². The van der Waals surface area contributed by atoms with Crippen LogP contribution in [0.5, 0.6) is 0 Å². The number of carbonyl (C=O) groups is 3. The Labute approximate surface area is 182 Å². The summed E-state index contributed by atoms with van der Waals surface area (Å²) in [7, 11) is 1.55. The number of ketones is 1. The van der Waals surface area contributed by atoms with Crippen molar-refractivity contribution in [1.82, 2.24) is 5.32 Å². The molecule has 2 rings (SSSR count). The van der Waals surface area contributed by atoms with Crippen molar-refractivity contribution in [2.24, 2.45) is 0 Å². The topological polar surface area (TPSA) is 81.7 Å². The Bertz CT molecular complexity index is 891. The fraction of sp³-hybridized carbons (Fsp3) is 0.250. The lowest BCUT2D eigenvalue weighted by Gasteiger charge is -2.10. The van der Waals surface area contributed by atoms with E-state index in [9.17, 15) is 14.4 Å². The summed E-state index contributed by atoms with van der Waals surface area (Å²) in [5.41, 5.74) is 0.497. The molecule has 0 heterocycles. The van der Waals surface area contributed by atoms with E-state index in [2.05, 4.69) is 5.32 Å². The van der Waals surface area contributed by atoms with Gasteiger partial charge in [0.05, 0.1) is 22.9 Å². The molecule has 29 heavy (non-hydrogen) atoms. The molecule has 2 aromatic rings. The normalized spacial score (nSPS) is 10.4. The minimum absolute atomic E-state index is 0.132. The summed E-state index contributed by atoms with van der Waals surface area (Å²) >= 11 is 13.0. The molecule has 0 saturated heterocycles. The number of methoxy groups -OCH3 is 1. The maximum atomic E-state index is 12.4. The molecule has 0 fully saturated rings. The smallest absolute Gasteiger partial charge is 0.339 e. The minimum Gasteiger partial charge on any atom is -0.454 e.